The molecule has 2 rings (SSSR count). The van der Waals surface area contributed by atoms with Gasteiger partial charge in [-0.3, -0.25) is 19.7 Å². The van der Waals surface area contributed by atoms with Crippen LogP contribution < -0.4 is 4.74 Å². The molecule has 0 heterocycles. The van der Waals surface area contributed by atoms with Gasteiger partial charge in [0.25, 0.3) is 0 Å². The third-order valence-electron chi connectivity index (χ3n) is 3.97. The van der Waals surface area contributed by atoms with Crippen LogP contribution in [0.5, 0.6) is 5.75 Å². The van der Waals surface area contributed by atoms with Gasteiger partial charge in [0.15, 0.2) is 5.92 Å². The van der Waals surface area contributed by atoms with Gasteiger partial charge in [0.05, 0.1) is 11.5 Å². The third kappa shape index (κ3) is 6.50. The van der Waals surface area contributed by atoms with Gasteiger partial charge in [-0.25, -0.2) is 0 Å². The molecule has 2 aromatic carbocycles. The average molecular weight is 433 g/mol. The first-order valence-electron chi connectivity index (χ1n) is 9.57. The number of carbonyl (C=O) groups excluding carboxylic acids is 2. The molecule has 1 atom stereocenters. The Kier molecular flexibility index (Phi) is 7.68. The average Bonchev–Trinajstić information content (AvgIpc) is 2.65. The van der Waals surface area contributed by atoms with E-state index in [4.69, 9.17) is 14.2 Å². The molecular formula is C22H24FNO7. The Morgan fingerprint density at radius 2 is 1.77 bits per heavy atom. The molecule has 0 saturated carbocycles. The van der Waals surface area contributed by atoms with Crippen molar-refractivity contribution in [3.8, 4) is 5.75 Å². The van der Waals surface area contributed by atoms with E-state index in [-0.39, 0.29) is 18.8 Å². The predicted octanol–water partition coefficient (Wildman–Crippen LogP) is 4.30. The van der Waals surface area contributed by atoms with Gasteiger partial charge in [-0.15, -0.1) is 0 Å². The first-order valence-corrected chi connectivity index (χ1v) is 9.57. The Labute approximate surface area is 179 Å². The quantitative estimate of drug-likeness (QED) is 0.264. The summed E-state index contributed by atoms with van der Waals surface area (Å²) in [5, 5.41) is 11.4. The summed E-state index contributed by atoms with van der Waals surface area (Å²) in [5.74, 6) is -5.22. The maximum Gasteiger partial charge on any atom is 0.346 e. The number of nitro groups is 1. The van der Waals surface area contributed by atoms with Crippen LogP contribution in [0.1, 0.15) is 44.7 Å². The molecular weight excluding hydrogens is 409 g/mol. The van der Waals surface area contributed by atoms with Crippen LogP contribution >= 0.6 is 0 Å². The molecule has 0 aliphatic rings. The fourth-order valence-electron chi connectivity index (χ4n) is 2.74. The molecule has 0 saturated heterocycles. The second-order valence-corrected chi connectivity index (χ2v) is 7.60. The minimum absolute atomic E-state index is 0.0229. The zero-order valence-corrected chi connectivity index (χ0v) is 17.7. The van der Waals surface area contributed by atoms with Crippen LogP contribution in [0, 0.1) is 15.9 Å². The number of halogens is 1. The van der Waals surface area contributed by atoms with Crippen molar-refractivity contribution >= 4 is 17.6 Å². The lowest BCUT2D eigenvalue weighted by Gasteiger charge is -2.23. The SMILES string of the molecule is CCOC(=O)C(C(=O)OC(C)(C)C)c1cc(F)c([N+](=O)[O-])c(OCc2ccccc2)c1. The number of benzene rings is 2. The Balaban J connectivity index is 2.50. The zero-order valence-electron chi connectivity index (χ0n) is 17.7. The van der Waals surface area contributed by atoms with Crippen molar-refractivity contribution in [3.63, 3.8) is 0 Å². The van der Waals surface area contributed by atoms with E-state index in [9.17, 15) is 24.1 Å². The number of carbonyl (C=O) groups is 2. The van der Waals surface area contributed by atoms with Crippen LogP contribution in [-0.2, 0) is 25.7 Å². The van der Waals surface area contributed by atoms with E-state index in [1.807, 2.05) is 0 Å². The van der Waals surface area contributed by atoms with Gasteiger partial charge in [-0.2, -0.15) is 4.39 Å². The molecule has 0 amide bonds. The molecule has 0 bridgehead atoms. The number of hydrogen-bond acceptors (Lipinski definition) is 7. The standard InChI is InChI=1S/C22H24FNO7/c1-5-29-20(25)18(21(26)31-22(2,3)4)15-11-16(23)19(24(27)28)17(12-15)30-13-14-9-7-6-8-10-14/h6-12,18H,5,13H2,1-4H3. The van der Waals surface area contributed by atoms with Gasteiger partial charge in [0.2, 0.25) is 11.6 Å². The van der Waals surface area contributed by atoms with Crippen LogP contribution in [0.15, 0.2) is 42.5 Å². The summed E-state index contributed by atoms with van der Waals surface area (Å²) in [6.07, 6.45) is 0. The molecule has 0 N–H and O–H groups in total. The number of rotatable bonds is 8. The summed E-state index contributed by atoms with van der Waals surface area (Å²) in [6.45, 7) is 6.27. The van der Waals surface area contributed by atoms with E-state index in [1.165, 1.54) is 0 Å². The van der Waals surface area contributed by atoms with Crippen LogP contribution in [0.25, 0.3) is 0 Å². The maximum absolute atomic E-state index is 14.7. The van der Waals surface area contributed by atoms with Crippen molar-refractivity contribution < 1.29 is 33.1 Å². The molecule has 0 radical (unpaired) electrons. The lowest BCUT2D eigenvalue weighted by Crippen LogP contribution is -2.32. The summed E-state index contributed by atoms with van der Waals surface area (Å²) in [5.41, 5.74) is -1.30. The number of esters is 2. The molecule has 0 fully saturated rings. The van der Waals surface area contributed by atoms with Crippen molar-refractivity contribution in [3.05, 3.63) is 69.5 Å². The number of hydrogen-bond donors (Lipinski definition) is 0. The van der Waals surface area contributed by atoms with E-state index in [0.717, 1.165) is 12.1 Å². The highest BCUT2D eigenvalue weighted by Crippen LogP contribution is 2.35. The number of ether oxygens (including phenoxy) is 3. The van der Waals surface area contributed by atoms with Gasteiger partial charge < -0.3 is 14.2 Å². The normalized spacial score (nSPS) is 12.0. The highest BCUT2D eigenvalue weighted by molar-refractivity contribution is 6.01. The first-order chi connectivity index (χ1) is 14.5. The minimum atomic E-state index is -1.63. The van der Waals surface area contributed by atoms with Gasteiger partial charge in [-0.05, 0) is 51.0 Å². The molecule has 0 aliphatic heterocycles. The Bertz CT molecular complexity index is 954. The second-order valence-electron chi connectivity index (χ2n) is 7.60. The second kappa shape index (κ2) is 10.0. The molecule has 166 valence electrons. The Morgan fingerprint density at radius 3 is 2.32 bits per heavy atom. The van der Waals surface area contributed by atoms with Gasteiger partial charge in [0, 0.05) is 0 Å². The third-order valence-corrected chi connectivity index (χ3v) is 3.97. The zero-order chi connectivity index (χ0) is 23.2. The van der Waals surface area contributed by atoms with E-state index in [2.05, 4.69) is 0 Å². The smallest absolute Gasteiger partial charge is 0.346 e. The predicted molar refractivity (Wildman–Crippen MR) is 109 cm³/mol. The maximum atomic E-state index is 14.7. The lowest BCUT2D eigenvalue weighted by molar-refractivity contribution is -0.388. The molecule has 2 aromatic rings. The van der Waals surface area contributed by atoms with Gasteiger partial charge in [-0.1, -0.05) is 30.3 Å². The van der Waals surface area contributed by atoms with Crippen molar-refractivity contribution in [2.24, 2.45) is 0 Å². The first kappa shape index (κ1) is 23.8. The van der Waals surface area contributed by atoms with E-state index in [1.54, 1.807) is 58.0 Å². The highest BCUT2D eigenvalue weighted by atomic mass is 19.1. The van der Waals surface area contributed by atoms with Crippen LogP contribution in [0.2, 0.25) is 0 Å². The van der Waals surface area contributed by atoms with Crippen molar-refractivity contribution in [2.45, 2.75) is 45.8 Å². The summed E-state index contributed by atoms with van der Waals surface area (Å²) < 4.78 is 30.4. The molecule has 0 aliphatic carbocycles. The van der Waals surface area contributed by atoms with Crippen LogP contribution in [-0.4, -0.2) is 29.1 Å². The van der Waals surface area contributed by atoms with E-state index < -0.39 is 45.6 Å². The summed E-state index contributed by atoms with van der Waals surface area (Å²) in [4.78, 5) is 35.6. The number of nitrogens with zero attached hydrogens (tertiary/aromatic N) is 1. The highest BCUT2D eigenvalue weighted by Gasteiger charge is 2.37. The van der Waals surface area contributed by atoms with Crippen LogP contribution in [0.4, 0.5) is 10.1 Å². The topological polar surface area (TPSA) is 105 Å². The molecule has 1 unspecified atom stereocenters. The molecule has 31 heavy (non-hydrogen) atoms. The fraction of sp³-hybridized carbons (Fsp3) is 0.364. The van der Waals surface area contributed by atoms with Crippen LogP contribution in [0.3, 0.4) is 0 Å². The van der Waals surface area contributed by atoms with E-state index in [0.29, 0.717) is 5.56 Å². The number of nitro benzene ring substituents is 1. The summed E-state index contributed by atoms with van der Waals surface area (Å²) >= 11 is 0. The molecule has 8 nitrogen and oxygen atoms in total. The largest absolute Gasteiger partial charge is 0.482 e. The Morgan fingerprint density at radius 1 is 1.13 bits per heavy atom. The van der Waals surface area contributed by atoms with Crippen molar-refractivity contribution in [2.75, 3.05) is 6.61 Å². The minimum Gasteiger partial charge on any atom is -0.482 e. The summed E-state index contributed by atoms with van der Waals surface area (Å²) in [6, 6.07) is 10.6. The van der Waals surface area contributed by atoms with Gasteiger partial charge in [0.1, 0.15) is 12.2 Å². The van der Waals surface area contributed by atoms with E-state index >= 15 is 0 Å². The van der Waals surface area contributed by atoms with Gasteiger partial charge >= 0.3 is 17.6 Å². The lowest BCUT2D eigenvalue weighted by atomic mass is 9.97. The Hall–Kier alpha value is -3.49. The molecule has 0 spiro atoms. The fourth-order valence-corrected chi connectivity index (χ4v) is 2.74. The van der Waals surface area contributed by atoms with Crippen molar-refractivity contribution in [1.82, 2.24) is 0 Å². The molecule has 9 heteroatoms. The molecule has 0 aromatic heterocycles. The van der Waals surface area contributed by atoms with Crippen molar-refractivity contribution in [1.29, 1.82) is 0 Å². The summed E-state index contributed by atoms with van der Waals surface area (Å²) in [7, 11) is 0. The monoisotopic (exact) mass is 433 g/mol.